The number of fused-ring (bicyclic) bond motifs is 3. The Kier molecular flexibility index (Phi) is 6.98. The van der Waals surface area contributed by atoms with Crippen LogP contribution in [0.1, 0.15) is 37.7 Å². The largest absolute Gasteiger partial charge is 0.457 e. The lowest BCUT2D eigenvalue weighted by Gasteiger charge is -2.05. The highest BCUT2D eigenvalue weighted by Gasteiger charge is 2.20. The third kappa shape index (κ3) is 4.65. The number of furan rings is 2. The van der Waals surface area contributed by atoms with Crippen LogP contribution in [0, 0.1) is 40.6 Å². The number of unbranched alkanes of at least 4 members (excludes halogenated alkanes) is 2. The second kappa shape index (κ2) is 10.7. The van der Waals surface area contributed by atoms with Crippen molar-refractivity contribution in [3.8, 4) is 39.5 Å². The van der Waals surface area contributed by atoms with Gasteiger partial charge in [-0.3, -0.25) is 0 Å². The van der Waals surface area contributed by atoms with E-state index in [0.717, 1.165) is 56.0 Å². The standard InChI is InChI=1S/C29H19N5O2S2/c1-3-4-5-10-34-22-13-26(24-8-6-20(35-24)11-18(15-30)16-31)37-28(22)29-23(34)14-27(38-29)25-9-7-21(36-25)12-19(17-32)33-2/h6-9,11-14H,3-5,10H2,1H3/b19-12+. The molecule has 5 aromatic heterocycles. The van der Waals surface area contributed by atoms with Crippen LogP contribution in [0.3, 0.4) is 0 Å². The van der Waals surface area contributed by atoms with Crippen molar-refractivity contribution in [2.45, 2.75) is 32.7 Å². The molecule has 38 heavy (non-hydrogen) atoms. The number of hydrogen-bond donors (Lipinski definition) is 0. The Hall–Kier alpha value is -4.80. The summed E-state index contributed by atoms with van der Waals surface area (Å²) in [7, 11) is 0. The fraction of sp³-hybridized carbons (Fsp3) is 0.172. The molecule has 5 aromatic rings. The summed E-state index contributed by atoms with van der Waals surface area (Å²) in [4.78, 5) is 5.14. The van der Waals surface area contributed by atoms with Crippen LogP contribution in [-0.4, -0.2) is 4.57 Å². The van der Waals surface area contributed by atoms with Gasteiger partial charge in [0, 0.05) is 12.6 Å². The summed E-state index contributed by atoms with van der Waals surface area (Å²) in [6.07, 6.45) is 6.22. The first-order valence-corrected chi connectivity index (χ1v) is 13.5. The molecule has 184 valence electrons. The van der Waals surface area contributed by atoms with Crippen molar-refractivity contribution >= 4 is 55.3 Å². The first-order chi connectivity index (χ1) is 18.6. The van der Waals surface area contributed by atoms with Crippen LogP contribution in [0.15, 0.2) is 56.5 Å². The predicted octanol–water partition coefficient (Wildman–Crippen LogP) is 8.84. The molecule has 0 fully saturated rings. The van der Waals surface area contributed by atoms with E-state index in [1.165, 1.54) is 12.2 Å². The van der Waals surface area contributed by atoms with Gasteiger partial charge in [-0.05, 0) is 48.9 Å². The molecule has 0 aliphatic heterocycles. The number of thiophene rings is 2. The number of aromatic nitrogens is 1. The molecule has 5 rings (SSSR count). The summed E-state index contributed by atoms with van der Waals surface area (Å²) in [5.74, 6) is 2.32. The quantitative estimate of drug-likeness (QED) is 0.112. The summed E-state index contributed by atoms with van der Waals surface area (Å²) in [5.41, 5.74) is 2.27. The Bertz CT molecular complexity index is 1730. The van der Waals surface area contributed by atoms with Crippen molar-refractivity contribution in [2.24, 2.45) is 0 Å². The third-order valence-electron chi connectivity index (χ3n) is 5.98. The molecule has 0 spiro atoms. The maximum Gasteiger partial charge on any atom is 0.265 e. The lowest BCUT2D eigenvalue weighted by molar-refractivity contribution is 0.572. The minimum absolute atomic E-state index is 0.00746. The van der Waals surface area contributed by atoms with Crippen LogP contribution in [-0.2, 0) is 6.54 Å². The highest BCUT2D eigenvalue weighted by Crippen LogP contribution is 2.46. The minimum Gasteiger partial charge on any atom is -0.457 e. The van der Waals surface area contributed by atoms with E-state index in [9.17, 15) is 0 Å². The van der Waals surface area contributed by atoms with E-state index in [1.807, 2.05) is 30.3 Å². The van der Waals surface area contributed by atoms with E-state index in [2.05, 4.69) is 28.5 Å². The zero-order valence-electron chi connectivity index (χ0n) is 20.3. The van der Waals surface area contributed by atoms with Crippen molar-refractivity contribution in [2.75, 3.05) is 0 Å². The molecule has 0 aliphatic carbocycles. The van der Waals surface area contributed by atoms with Gasteiger partial charge < -0.3 is 13.4 Å². The number of allylic oxidation sites excluding steroid dienone is 2. The average molecular weight is 534 g/mol. The van der Waals surface area contributed by atoms with Crippen LogP contribution < -0.4 is 0 Å². The Balaban J connectivity index is 1.57. The molecule has 0 radical (unpaired) electrons. The molecule has 0 saturated heterocycles. The third-order valence-corrected chi connectivity index (χ3v) is 8.42. The maximum atomic E-state index is 9.04. The number of rotatable bonds is 8. The predicted molar refractivity (Wildman–Crippen MR) is 150 cm³/mol. The molecular weight excluding hydrogens is 514 g/mol. The molecule has 0 aromatic carbocycles. The van der Waals surface area contributed by atoms with E-state index < -0.39 is 0 Å². The summed E-state index contributed by atoms with van der Waals surface area (Å²) in [5, 5.41) is 27.1. The zero-order valence-corrected chi connectivity index (χ0v) is 21.9. The Morgan fingerprint density at radius 2 is 1.47 bits per heavy atom. The van der Waals surface area contributed by atoms with Crippen molar-refractivity contribution in [3.63, 3.8) is 0 Å². The molecule has 7 nitrogen and oxygen atoms in total. The van der Waals surface area contributed by atoms with Crippen molar-refractivity contribution < 1.29 is 8.83 Å². The van der Waals surface area contributed by atoms with Crippen LogP contribution in [0.25, 0.3) is 58.7 Å². The van der Waals surface area contributed by atoms with Crippen molar-refractivity contribution in [1.29, 1.82) is 15.8 Å². The number of nitriles is 3. The lowest BCUT2D eigenvalue weighted by Crippen LogP contribution is -1.96. The molecule has 0 amide bonds. The van der Waals surface area contributed by atoms with Gasteiger partial charge in [0.25, 0.3) is 5.70 Å². The maximum absolute atomic E-state index is 9.04. The summed E-state index contributed by atoms with van der Waals surface area (Å²) < 4.78 is 16.6. The van der Waals surface area contributed by atoms with Crippen molar-refractivity contribution in [1.82, 2.24) is 4.57 Å². The van der Waals surface area contributed by atoms with E-state index in [4.69, 9.17) is 31.2 Å². The van der Waals surface area contributed by atoms with E-state index in [-0.39, 0.29) is 11.3 Å². The van der Waals surface area contributed by atoms with E-state index in [0.29, 0.717) is 23.0 Å². The van der Waals surface area contributed by atoms with E-state index >= 15 is 0 Å². The molecular formula is C29H19N5O2S2. The highest BCUT2D eigenvalue weighted by atomic mass is 32.1. The molecule has 0 aliphatic rings. The van der Waals surface area contributed by atoms with Gasteiger partial charge in [-0.2, -0.15) is 10.5 Å². The molecule has 0 saturated carbocycles. The Morgan fingerprint density at radius 1 is 0.895 bits per heavy atom. The molecule has 0 atom stereocenters. The molecule has 9 heteroatoms. The zero-order chi connectivity index (χ0) is 26.6. The molecule has 0 unspecified atom stereocenters. The fourth-order valence-corrected chi connectivity index (χ4v) is 6.60. The van der Waals surface area contributed by atoms with E-state index in [1.54, 1.807) is 34.8 Å². The van der Waals surface area contributed by atoms with Gasteiger partial charge in [0.05, 0.1) is 42.8 Å². The van der Waals surface area contributed by atoms with Gasteiger partial charge in [0.2, 0.25) is 0 Å². The SMILES string of the molecule is [C-]#[N+]/C(C#N)=C/c1ccc(-c2cc3c(s2)c2sc(-c4ccc(C=C(C#N)C#N)o4)cc2n3CCCCC)o1. The lowest BCUT2D eigenvalue weighted by atomic mass is 10.2. The topological polar surface area (TPSA) is 107 Å². The second-order valence-corrected chi connectivity index (χ2v) is 10.6. The summed E-state index contributed by atoms with van der Waals surface area (Å²) >= 11 is 3.30. The fourth-order valence-electron chi connectivity index (χ4n) is 4.20. The second-order valence-electron chi connectivity index (χ2n) is 8.45. The van der Waals surface area contributed by atoms with Gasteiger partial charge in [-0.25, -0.2) is 10.1 Å². The molecule has 0 bridgehead atoms. The average Bonchev–Trinajstić information content (AvgIpc) is 3.74. The van der Waals surface area contributed by atoms with Crippen LogP contribution in [0.5, 0.6) is 0 Å². The Labute approximate surface area is 226 Å². The number of hydrogen-bond acceptors (Lipinski definition) is 7. The molecule has 5 heterocycles. The van der Waals surface area contributed by atoms with Gasteiger partial charge in [0.1, 0.15) is 40.8 Å². The normalized spacial score (nSPS) is 11.2. The number of nitrogens with zero attached hydrogens (tertiary/aromatic N) is 5. The van der Waals surface area contributed by atoms with Gasteiger partial charge >= 0.3 is 0 Å². The smallest absolute Gasteiger partial charge is 0.265 e. The first-order valence-electron chi connectivity index (χ1n) is 11.9. The minimum atomic E-state index is -0.0227. The molecule has 0 N–H and O–H groups in total. The summed E-state index contributed by atoms with van der Waals surface area (Å²) in [6.45, 7) is 10.2. The van der Waals surface area contributed by atoms with Gasteiger partial charge in [-0.1, -0.05) is 19.8 Å². The first kappa shape index (κ1) is 24.9. The van der Waals surface area contributed by atoms with Gasteiger partial charge in [-0.15, -0.1) is 22.7 Å². The van der Waals surface area contributed by atoms with Crippen LogP contribution >= 0.6 is 22.7 Å². The Morgan fingerprint density at radius 3 is 1.97 bits per heavy atom. The van der Waals surface area contributed by atoms with Crippen LogP contribution in [0.2, 0.25) is 0 Å². The monoisotopic (exact) mass is 533 g/mol. The number of aryl methyl sites for hydroxylation is 1. The highest BCUT2D eigenvalue weighted by molar-refractivity contribution is 7.30. The van der Waals surface area contributed by atoms with Crippen LogP contribution in [0.4, 0.5) is 0 Å². The van der Waals surface area contributed by atoms with Crippen molar-refractivity contribution in [3.05, 3.63) is 70.6 Å². The summed E-state index contributed by atoms with van der Waals surface area (Å²) in [6, 6.07) is 17.1. The van der Waals surface area contributed by atoms with Gasteiger partial charge in [0.15, 0.2) is 0 Å².